The highest BCUT2D eigenvalue weighted by atomic mass is 79.9. The molecule has 0 aliphatic rings. The first kappa shape index (κ1) is 23.1. The molecule has 0 radical (unpaired) electrons. The molecule has 0 aliphatic carbocycles. The van der Waals surface area contributed by atoms with Gasteiger partial charge in [-0.25, -0.2) is 0 Å². The van der Waals surface area contributed by atoms with Gasteiger partial charge in [-0.05, 0) is 69.5 Å². The lowest BCUT2D eigenvalue weighted by atomic mass is 10.0. The number of benzene rings is 3. The smallest absolute Gasteiger partial charge is 0.269 e. The first-order valence-corrected chi connectivity index (χ1v) is 10.6. The minimum atomic E-state index is -0.494. The second kappa shape index (κ2) is 10.2. The average Bonchev–Trinajstić information content (AvgIpc) is 2.72. The van der Waals surface area contributed by atoms with E-state index in [2.05, 4.69) is 22.0 Å². The van der Waals surface area contributed by atoms with E-state index in [-0.39, 0.29) is 12.3 Å². The van der Waals surface area contributed by atoms with Crippen LogP contribution in [0.5, 0.6) is 5.75 Å². The number of nitro benzene ring substituents is 1. The molecular weight excluding hydrogens is 527 g/mol. The summed E-state index contributed by atoms with van der Waals surface area (Å²) in [4.78, 5) is 10.3. The van der Waals surface area contributed by atoms with Crippen molar-refractivity contribution in [3.8, 4) is 11.8 Å². The van der Waals surface area contributed by atoms with Crippen LogP contribution in [-0.2, 0) is 6.61 Å². The molecule has 0 aliphatic heterocycles. The number of rotatable bonds is 6. The second-order valence-electron chi connectivity index (χ2n) is 6.31. The Balaban J connectivity index is 1.84. The quantitative estimate of drug-likeness (QED) is 0.138. The largest absolute Gasteiger partial charge is 0.486 e. The maximum Gasteiger partial charge on any atom is 0.269 e. The zero-order valence-electron chi connectivity index (χ0n) is 15.6. The van der Waals surface area contributed by atoms with Crippen LogP contribution in [0.2, 0.25) is 15.1 Å². The number of halogens is 4. The Hall–Kier alpha value is -2.56. The molecule has 3 aromatic rings. The summed E-state index contributed by atoms with van der Waals surface area (Å²) in [7, 11) is 0. The number of allylic oxidation sites excluding steroid dienone is 1. The van der Waals surface area contributed by atoms with Gasteiger partial charge in [0.1, 0.15) is 6.61 Å². The van der Waals surface area contributed by atoms with Gasteiger partial charge in [-0.1, -0.05) is 40.9 Å². The van der Waals surface area contributed by atoms with Crippen LogP contribution in [0.25, 0.3) is 11.6 Å². The Labute approximate surface area is 201 Å². The zero-order chi connectivity index (χ0) is 22.5. The van der Waals surface area contributed by atoms with Gasteiger partial charge < -0.3 is 4.74 Å². The van der Waals surface area contributed by atoms with Gasteiger partial charge in [-0.3, -0.25) is 10.1 Å². The fraction of sp³-hybridized carbons (Fsp3) is 0.0455. The molecule has 5 nitrogen and oxygen atoms in total. The van der Waals surface area contributed by atoms with Gasteiger partial charge in [0, 0.05) is 27.7 Å². The summed E-state index contributed by atoms with van der Waals surface area (Å²) in [6, 6.07) is 16.4. The molecule has 0 amide bonds. The molecule has 0 saturated carbocycles. The molecule has 0 bridgehead atoms. The summed E-state index contributed by atoms with van der Waals surface area (Å²) in [5.74, 6) is 0.429. The van der Waals surface area contributed by atoms with Crippen LogP contribution in [0.4, 0.5) is 5.69 Å². The van der Waals surface area contributed by atoms with Gasteiger partial charge in [0.2, 0.25) is 0 Å². The summed E-state index contributed by atoms with van der Waals surface area (Å²) >= 11 is 21.9. The summed E-state index contributed by atoms with van der Waals surface area (Å²) < 4.78 is 6.42. The van der Waals surface area contributed by atoms with E-state index in [0.29, 0.717) is 42.0 Å². The lowest BCUT2D eigenvalue weighted by Gasteiger charge is -2.12. The molecule has 9 heteroatoms. The summed E-state index contributed by atoms with van der Waals surface area (Å²) in [5.41, 5.74) is 2.25. The average molecular weight is 539 g/mol. The Bertz CT molecular complexity index is 1200. The van der Waals surface area contributed by atoms with Crippen molar-refractivity contribution in [3.05, 3.63) is 101 Å². The van der Waals surface area contributed by atoms with Crippen LogP contribution in [0.15, 0.2) is 59.1 Å². The van der Waals surface area contributed by atoms with E-state index in [9.17, 15) is 15.4 Å². The molecule has 0 spiro atoms. The van der Waals surface area contributed by atoms with Gasteiger partial charge in [-0.15, -0.1) is 0 Å². The molecule has 3 rings (SSSR count). The summed E-state index contributed by atoms with van der Waals surface area (Å²) in [6.45, 7) is 0.190. The predicted molar refractivity (Wildman–Crippen MR) is 127 cm³/mol. The Morgan fingerprint density at radius 2 is 1.81 bits per heavy atom. The number of nitro groups is 1. The van der Waals surface area contributed by atoms with Crippen LogP contribution >= 0.6 is 50.7 Å². The molecule has 0 unspecified atom stereocenters. The van der Waals surface area contributed by atoms with E-state index in [1.807, 2.05) is 0 Å². The normalized spacial score (nSPS) is 11.1. The maximum absolute atomic E-state index is 10.8. The highest BCUT2D eigenvalue weighted by molar-refractivity contribution is 9.10. The molecule has 0 saturated heterocycles. The number of ether oxygens (including phenoxy) is 1. The highest BCUT2D eigenvalue weighted by Crippen LogP contribution is 2.36. The summed E-state index contributed by atoms with van der Waals surface area (Å²) in [5, 5.41) is 21.7. The van der Waals surface area contributed by atoms with Gasteiger partial charge in [0.15, 0.2) is 5.75 Å². The van der Waals surface area contributed by atoms with Crippen molar-refractivity contribution < 1.29 is 9.66 Å². The van der Waals surface area contributed by atoms with E-state index >= 15 is 0 Å². The minimum absolute atomic E-state index is 0.0471. The zero-order valence-corrected chi connectivity index (χ0v) is 19.5. The lowest BCUT2D eigenvalue weighted by Crippen LogP contribution is -1.98. The van der Waals surface area contributed by atoms with E-state index in [0.717, 1.165) is 5.56 Å². The van der Waals surface area contributed by atoms with E-state index in [1.54, 1.807) is 36.4 Å². The number of hydrogen-bond acceptors (Lipinski definition) is 4. The fourth-order valence-electron chi connectivity index (χ4n) is 2.70. The van der Waals surface area contributed by atoms with Gasteiger partial charge >= 0.3 is 0 Å². The second-order valence-corrected chi connectivity index (χ2v) is 8.42. The van der Waals surface area contributed by atoms with Gasteiger partial charge in [0.25, 0.3) is 5.69 Å². The molecule has 31 heavy (non-hydrogen) atoms. The lowest BCUT2D eigenvalue weighted by molar-refractivity contribution is -0.384. The van der Waals surface area contributed by atoms with Gasteiger partial charge in [-0.2, -0.15) is 5.26 Å². The van der Waals surface area contributed by atoms with Crippen molar-refractivity contribution in [1.29, 1.82) is 5.26 Å². The van der Waals surface area contributed by atoms with Crippen molar-refractivity contribution in [2.24, 2.45) is 0 Å². The van der Waals surface area contributed by atoms with Crippen LogP contribution in [0.1, 0.15) is 16.7 Å². The molecule has 156 valence electrons. The molecule has 0 fully saturated rings. The maximum atomic E-state index is 10.8. The molecule has 0 atom stereocenters. The fourth-order valence-corrected chi connectivity index (χ4v) is 4.15. The number of hydrogen-bond donors (Lipinski definition) is 0. The molecule has 3 aromatic carbocycles. The van der Waals surface area contributed by atoms with Crippen molar-refractivity contribution in [3.63, 3.8) is 0 Å². The summed E-state index contributed by atoms with van der Waals surface area (Å²) in [6.07, 6.45) is 1.64. The first-order chi connectivity index (χ1) is 14.8. The van der Waals surface area contributed by atoms with Crippen LogP contribution in [0, 0.1) is 21.4 Å². The standard InChI is InChI=1S/C22H12BrCl3N2O3/c23-19-8-13(7-16(11-27)14-2-5-18(6-3-14)28(29)30)9-21(26)22(19)31-12-15-1-4-17(24)10-20(15)25/h1-10H,12H2/b16-7-. The van der Waals surface area contributed by atoms with Crippen LogP contribution in [0.3, 0.4) is 0 Å². The first-order valence-electron chi connectivity index (χ1n) is 8.71. The highest BCUT2D eigenvalue weighted by Gasteiger charge is 2.12. The minimum Gasteiger partial charge on any atom is -0.486 e. The van der Waals surface area contributed by atoms with Gasteiger partial charge in [0.05, 0.1) is 26.1 Å². The van der Waals surface area contributed by atoms with E-state index in [1.165, 1.54) is 24.3 Å². The van der Waals surface area contributed by atoms with E-state index in [4.69, 9.17) is 39.5 Å². The van der Waals surface area contributed by atoms with Crippen molar-refractivity contribution in [2.45, 2.75) is 6.61 Å². The van der Waals surface area contributed by atoms with Crippen LogP contribution in [-0.4, -0.2) is 4.92 Å². The number of non-ortho nitro benzene ring substituents is 1. The topological polar surface area (TPSA) is 76.2 Å². The third-order valence-electron chi connectivity index (χ3n) is 4.23. The van der Waals surface area contributed by atoms with Crippen molar-refractivity contribution >= 4 is 68.1 Å². The predicted octanol–water partition coefficient (Wildman–Crippen LogP) is 7.96. The molecule has 0 aromatic heterocycles. The van der Waals surface area contributed by atoms with Crippen LogP contribution < -0.4 is 4.74 Å². The molecule has 0 heterocycles. The monoisotopic (exact) mass is 536 g/mol. The van der Waals surface area contributed by atoms with E-state index < -0.39 is 4.92 Å². The number of nitriles is 1. The third kappa shape index (κ3) is 5.78. The molecule has 0 N–H and O–H groups in total. The molecular formula is C22H12BrCl3N2O3. The Morgan fingerprint density at radius 1 is 1.10 bits per heavy atom. The third-order valence-corrected chi connectivity index (χ3v) is 5.69. The van der Waals surface area contributed by atoms with Crippen molar-refractivity contribution in [1.82, 2.24) is 0 Å². The van der Waals surface area contributed by atoms with Crippen molar-refractivity contribution in [2.75, 3.05) is 0 Å². The SMILES string of the molecule is N#C/C(=C/c1cc(Cl)c(OCc2ccc(Cl)cc2Cl)c(Br)c1)c1ccc([N+](=O)[O-])cc1. The Morgan fingerprint density at radius 3 is 2.39 bits per heavy atom. The number of nitrogens with zero attached hydrogens (tertiary/aromatic N) is 2. The Kier molecular flexibility index (Phi) is 7.58.